The van der Waals surface area contributed by atoms with Gasteiger partial charge in [0.05, 0.1) is 6.10 Å². The topological polar surface area (TPSA) is 65.6 Å². The molecule has 0 spiro atoms. The molecule has 2 saturated heterocycles. The fourth-order valence-electron chi connectivity index (χ4n) is 3.61. The van der Waals surface area contributed by atoms with Crippen molar-refractivity contribution in [2.24, 2.45) is 0 Å². The fraction of sp³-hybridized carbons (Fsp3) is 0.450. The molecule has 1 atom stereocenters. The van der Waals surface area contributed by atoms with Crippen molar-refractivity contribution in [3.63, 3.8) is 0 Å². The van der Waals surface area contributed by atoms with Crippen LogP contribution in [0.3, 0.4) is 0 Å². The molecule has 0 aliphatic carbocycles. The van der Waals surface area contributed by atoms with Gasteiger partial charge in [-0.1, -0.05) is 29.8 Å². The largest absolute Gasteiger partial charge is 0.376 e. The van der Waals surface area contributed by atoms with E-state index in [1.807, 2.05) is 6.07 Å². The van der Waals surface area contributed by atoms with Crippen LogP contribution in [-0.4, -0.2) is 60.5 Å². The van der Waals surface area contributed by atoms with Gasteiger partial charge in [-0.05, 0) is 37.2 Å². The molecule has 0 amide bonds. The van der Waals surface area contributed by atoms with Gasteiger partial charge in [-0.2, -0.15) is 4.98 Å². The zero-order valence-electron chi connectivity index (χ0n) is 16.2. The highest BCUT2D eigenvalue weighted by atomic mass is 35.5. The van der Waals surface area contributed by atoms with E-state index in [4.69, 9.17) is 28.6 Å². The second-order valence-electron chi connectivity index (χ2n) is 7.15. The molecule has 2 fully saturated rings. The maximum Gasteiger partial charge on any atom is 0.232 e. The Morgan fingerprint density at radius 1 is 1.14 bits per heavy atom. The highest BCUT2D eigenvalue weighted by Crippen LogP contribution is 2.22. The number of nitrogens with one attached hydrogen (secondary N) is 2. The third-order valence-corrected chi connectivity index (χ3v) is 5.59. The highest BCUT2D eigenvalue weighted by molar-refractivity contribution is 7.80. The van der Waals surface area contributed by atoms with Gasteiger partial charge in [0.25, 0.3) is 0 Å². The quantitative estimate of drug-likeness (QED) is 0.552. The smallest absolute Gasteiger partial charge is 0.232 e. The first-order valence-corrected chi connectivity index (χ1v) is 10.7. The predicted molar refractivity (Wildman–Crippen MR) is 121 cm³/mol. The number of ether oxygens (including phenoxy) is 1. The Morgan fingerprint density at radius 2 is 1.90 bits per heavy atom. The first kappa shape index (κ1) is 20.1. The van der Waals surface area contributed by atoms with Crippen LogP contribution in [0.15, 0.2) is 36.4 Å². The van der Waals surface area contributed by atoms with Crippen LogP contribution < -0.4 is 20.4 Å². The van der Waals surface area contributed by atoms with Crippen molar-refractivity contribution in [2.45, 2.75) is 18.9 Å². The van der Waals surface area contributed by atoms with Crippen molar-refractivity contribution >= 4 is 46.4 Å². The Labute approximate surface area is 181 Å². The number of thiocarbonyl (C=S) groups is 1. The van der Waals surface area contributed by atoms with Crippen molar-refractivity contribution in [1.82, 2.24) is 15.3 Å². The summed E-state index contributed by atoms with van der Waals surface area (Å²) in [5, 5.41) is 7.08. The summed E-state index contributed by atoms with van der Waals surface area (Å²) in [6, 6.07) is 12.3. The van der Waals surface area contributed by atoms with E-state index in [1.54, 1.807) is 6.07 Å². The van der Waals surface area contributed by atoms with E-state index in [1.165, 1.54) is 5.69 Å². The summed E-state index contributed by atoms with van der Waals surface area (Å²) in [6.07, 6.45) is 2.37. The molecule has 0 bridgehead atoms. The maximum atomic E-state index is 6.25. The maximum absolute atomic E-state index is 6.25. The molecule has 9 heteroatoms. The number of hydrogen-bond donors (Lipinski definition) is 2. The Balaban J connectivity index is 1.34. The molecule has 2 aliphatic heterocycles. The Bertz CT molecular complexity index is 825. The number of nitrogens with zero attached hydrogens (tertiary/aromatic N) is 4. The van der Waals surface area contributed by atoms with Crippen LogP contribution in [0.25, 0.3) is 0 Å². The standard InChI is InChI=1S/C20H25ClN6OS/c21-17-13-18(27-10-8-26(9-11-27)15-5-2-1-3-6-15)24-19(23-17)25-20(29)22-14-16-7-4-12-28-16/h1-3,5-6,13,16H,4,7-12,14H2,(H2,22,23,24,25,29)/t16-/m1/s1. The lowest BCUT2D eigenvalue weighted by Gasteiger charge is -2.36. The van der Waals surface area contributed by atoms with E-state index in [2.05, 4.69) is 54.7 Å². The number of rotatable bonds is 5. The predicted octanol–water partition coefficient (Wildman–Crippen LogP) is 2.92. The van der Waals surface area contributed by atoms with Gasteiger partial charge in [0.2, 0.25) is 5.95 Å². The lowest BCUT2D eigenvalue weighted by molar-refractivity contribution is 0.114. The van der Waals surface area contributed by atoms with Gasteiger partial charge in [0.1, 0.15) is 11.0 Å². The average Bonchev–Trinajstić information content (AvgIpc) is 3.26. The highest BCUT2D eigenvalue weighted by Gasteiger charge is 2.20. The Morgan fingerprint density at radius 3 is 2.62 bits per heavy atom. The molecule has 3 heterocycles. The number of para-hydroxylation sites is 1. The van der Waals surface area contributed by atoms with E-state index in [0.29, 0.717) is 22.8 Å². The summed E-state index contributed by atoms with van der Waals surface area (Å²) in [4.78, 5) is 13.5. The summed E-state index contributed by atoms with van der Waals surface area (Å²) in [5.74, 6) is 1.21. The van der Waals surface area contributed by atoms with Crippen molar-refractivity contribution < 1.29 is 4.74 Å². The van der Waals surface area contributed by atoms with Crippen molar-refractivity contribution in [3.8, 4) is 0 Å². The Hall–Kier alpha value is -2.16. The first-order valence-electron chi connectivity index (χ1n) is 9.93. The number of piperazine rings is 1. The molecule has 7 nitrogen and oxygen atoms in total. The van der Waals surface area contributed by atoms with Crippen LogP contribution >= 0.6 is 23.8 Å². The van der Waals surface area contributed by atoms with Gasteiger partial charge in [-0.3, -0.25) is 0 Å². The molecule has 154 valence electrons. The van der Waals surface area contributed by atoms with Crippen LogP contribution in [0.1, 0.15) is 12.8 Å². The molecule has 2 aliphatic rings. The van der Waals surface area contributed by atoms with Crippen LogP contribution in [0.4, 0.5) is 17.5 Å². The summed E-state index contributed by atoms with van der Waals surface area (Å²) in [5.41, 5.74) is 1.25. The minimum absolute atomic E-state index is 0.214. The normalized spacial score (nSPS) is 19.3. The number of halogens is 1. The van der Waals surface area contributed by atoms with Crippen molar-refractivity contribution in [3.05, 3.63) is 41.6 Å². The molecule has 2 aromatic rings. The van der Waals surface area contributed by atoms with Crippen LogP contribution in [0, 0.1) is 0 Å². The van der Waals surface area contributed by atoms with E-state index in [9.17, 15) is 0 Å². The third kappa shape index (κ3) is 5.46. The molecular weight excluding hydrogens is 408 g/mol. The minimum atomic E-state index is 0.214. The third-order valence-electron chi connectivity index (χ3n) is 5.15. The second-order valence-corrected chi connectivity index (χ2v) is 7.95. The zero-order valence-corrected chi connectivity index (χ0v) is 17.8. The lowest BCUT2D eigenvalue weighted by atomic mass is 10.2. The lowest BCUT2D eigenvalue weighted by Crippen LogP contribution is -2.47. The second kappa shape index (κ2) is 9.56. The fourth-order valence-corrected chi connectivity index (χ4v) is 3.97. The number of hydrogen-bond acceptors (Lipinski definition) is 6. The van der Waals surface area contributed by atoms with E-state index >= 15 is 0 Å². The van der Waals surface area contributed by atoms with Gasteiger partial charge < -0.3 is 25.2 Å². The van der Waals surface area contributed by atoms with Crippen LogP contribution in [0.2, 0.25) is 5.15 Å². The van der Waals surface area contributed by atoms with Gasteiger partial charge in [-0.15, -0.1) is 0 Å². The van der Waals surface area contributed by atoms with E-state index in [-0.39, 0.29) is 6.10 Å². The van der Waals surface area contributed by atoms with Crippen LogP contribution in [-0.2, 0) is 4.74 Å². The number of anilines is 3. The molecule has 0 radical (unpaired) electrons. The van der Waals surface area contributed by atoms with Gasteiger partial charge in [-0.25, -0.2) is 4.98 Å². The summed E-state index contributed by atoms with van der Waals surface area (Å²) >= 11 is 11.6. The monoisotopic (exact) mass is 432 g/mol. The molecule has 4 rings (SSSR count). The molecule has 1 aromatic carbocycles. The molecule has 1 aromatic heterocycles. The molecule has 0 saturated carbocycles. The summed E-state index contributed by atoms with van der Waals surface area (Å²) in [7, 11) is 0. The van der Waals surface area contributed by atoms with Gasteiger partial charge >= 0.3 is 0 Å². The molecule has 2 N–H and O–H groups in total. The number of benzene rings is 1. The number of aromatic nitrogens is 2. The first-order chi connectivity index (χ1) is 14.2. The molecule has 0 unspecified atom stereocenters. The summed E-state index contributed by atoms with van der Waals surface area (Å²) in [6.45, 7) is 5.09. The zero-order chi connectivity index (χ0) is 20.1. The van der Waals surface area contributed by atoms with E-state index < -0.39 is 0 Å². The Kier molecular flexibility index (Phi) is 6.63. The SMILES string of the molecule is S=C(NC[C@H]1CCCO1)Nc1nc(Cl)cc(N2CCN(c3ccccc3)CC2)n1. The molecule has 29 heavy (non-hydrogen) atoms. The summed E-state index contributed by atoms with van der Waals surface area (Å²) < 4.78 is 5.60. The van der Waals surface area contributed by atoms with Crippen LogP contribution in [0.5, 0.6) is 0 Å². The average molecular weight is 433 g/mol. The van der Waals surface area contributed by atoms with Gasteiger partial charge in [0.15, 0.2) is 5.11 Å². The van der Waals surface area contributed by atoms with Crippen molar-refractivity contribution in [1.29, 1.82) is 0 Å². The minimum Gasteiger partial charge on any atom is -0.376 e. The van der Waals surface area contributed by atoms with E-state index in [0.717, 1.165) is 51.4 Å². The van der Waals surface area contributed by atoms with Gasteiger partial charge in [0, 0.05) is 51.1 Å². The molecular formula is C20H25ClN6OS. The van der Waals surface area contributed by atoms with Crippen molar-refractivity contribution in [2.75, 3.05) is 54.4 Å².